The number of methoxy groups -OCH3 is 1. The summed E-state index contributed by atoms with van der Waals surface area (Å²) in [7, 11) is 1.23. The number of hydrogen-bond acceptors (Lipinski definition) is 4. The van der Waals surface area contributed by atoms with Crippen LogP contribution in [0, 0.1) is 0 Å². The predicted octanol–water partition coefficient (Wildman–Crippen LogP) is 0.796. The van der Waals surface area contributed by atoms with Crippen molar-refractivity contribution in [1.82, 2.24) is 4.90 Å². The molecule has 0 aliphatic carbocycles. The molecule has 4 nitrogen and oxygen atoms in total. The first-order chi connectivity index (χ1) is 7.39. The molecule has 16 heavy (non-hydrogen) atoms. The third kappa shape index (κ3) is 8.49. The smallest absolute Gasteiger partial charge is 0.401 e. The minimum atomic E-state index is -4.29. The highest BCUT2D eigenvalue weighted by Gasteiger charge is 2.30. The van der Waals surface area contributed by atoms with Gasteiger partial charge in [-0.15, -0.1) is 0 Å². The number of esters is 1. The number of hydrogen-bond donors (Lipinski definition) is 1. The Kier molecular flexibility index (Phi) is 7.07. The lowest BCUT2D eigenvalue weighted by atomic mass is 10.3. The van der Waals surface area contributed by atoms with E-state index < -0.39 is 18.7 Å². The summed E-state index contributed by atoms with van der Waals surface area (Å²) in [5.74, 6) is -0.448. The van der Waals surface area contributed by atoms with Crippen LogP contribution in [-0.4, -0.2) is 55.5 Å². The van der Waals surface area contributed by atoms with Crippen LogP contribution in [0.15, 0.2) is 0 Å². The fourth-order valence-electron chi connectivity index (χ4n) is 1.21. The Bertz CT molecular complexity index is 209. The molecule has 0 aliphatic heterocycles. The van der Waals surface area contributed by atoms with Crippen LogP contribution in [0.25, 0.3) is 0 Å². The zero-order valence-electron chi connectivity index (χ0n) is 9.09. The average molecular weight is 243 g/mol. The summed E-state index contributed by atoms with van der Waals surface area (Å²) in [6, 6.07) is 0. The summed E-state index contributed by atoms with van der Waals surface area (Å²) >= 11 is 0. The molecule has 0 bridgehead atoms. The first-order valence-electron chi connectivity index (χ1n) is 4.86. The molecule has 7 heteroatoms. The molecule has 0 saturated carbocycles. The second kappa shape index (κ2) is 7.45. The summed E-state index contributed by atoms with van der Waals surface area (Å²) in [6.07, 6.45) is -3.93. The number of carbonyl (C=O) groups excluding carboxylic acids is 1. The van der Waals surface area contributed by atoms with Crippen molar-refractivity contribution in [3.8, 4) is 0 Å². The highest BCUT2D eigenvalue weighted by atomic mass is 19.4. The van der Waals surface area contributed by atoms with Gasteiger partial charge in [-0.05, 0) is 13.0 Å². The third-order valence-corrected chi connectivity index (χ3v) is 1.90. The molecule has 0 unspecified atom stereocenters. The second-order valence-electron chi connectivity index (χ2n) is 3.29. The Labute approximate surface area is 92.0 Å². The average Bonchev–Trinajstić information content (AvgIpc) is 2.15. The zero-order chi connectivity index (χ0) is 12.6. The Morgan fingerprint density at radius 3 is 2.44 bits per heavy atom. The van der Waals surface area contributed by atoms with E-state index in [0.717, 1.165) is 4.90 Å². The van der Waals surface area contributed by atoms with E-state index in [2.05, 4.69) is 4.74 Å². The summed E-state index contributed by atoms with van der Waals surface area (Å²) in [5.41, 5.74) is 0. The Balaban J connectivity index is 3.89. The van der Waals surface area contributed by atoms with E-state index >= 15 is 0 Å². The Morgan fingerprint density at radius 1 is 1.38 bits per heavy atom. The number of carbonyl (C=O) groups is 1. The topological polar surface area (TPSA) is 49.8 Å². The van der Waals surface area contributed by atoms with Gasteiger partial charge < -0.3 is 9.84 Å². The number of aliphatic hydroxyl groups is 1. The maximum Gasteiger partial charge on any atom is 0.401 e. The number of alkyl halides is 3. The summed E-state index contributed by atoms with van der Waals surface area (Å²) in [4.78, 5) is 11.8. The number of halogens is 3. The van der Waals surface area contributed by atoms with Crippen LogP contribution in [0.4, 0.5) is 13.2 Å². The van der Waals surface area contributed by atoms with Gasteiger partial charge in [0.2, 0.25) is 0 Å². The largest absolute Gasteiger partial charge is 0.469 e. The maximum atomic E-state index is 12.1. The highest BCUT2D eigenvalue weighted by molar-refractivity contribution is 5.69. The van der Waals surface area contributed by atoms with Gasteiger partial charge in [0.15, 0.2) is 0 Å². The van der Waals surface area contributed by atoms with Crippen LogP contribution >= 0.6 is 0 Å². The molecule has 0 amide bonds. The first kappa shape index (κ1) is 15.2. The molecule has 0 spiro atoms. The molecule has 0 atom stereocenters. The van der Waals surface area contributed by atoms with Crippen LogP contribution in [0.5, 0.6) is 0 Å². The van der Waals surface area contributed by atoms with Gasteiger partial charge >= 0.3 is 12.1 Å². The van der Waals surface area contributed by atoms with Crippen molar-refractivity contribution in [2.75, 3.05) is 33.4 Å². The van der Waals surface area contributed by atoms with E-state index in [1.165, 1.54) is 7.11 Å². The van der Waals surface area contributed by atoms with Crippen molar-refractivity contribution in [2.24, 2.45) is 0 Å². The van der Waals surface area contributed by atoms with Gasteiger partial charge in [0.05, 0.1) is 20.3 Å². The molecule has 0 fully saturated rings. The van der Waals surface area contributed by atoms with Crippen LogP contribution in [0.2, 0.25) is 0 Å². The fourth-order valence-corrected chi connectivity index (χ4v) is 1.21. The predicted molar refractivity (Wildman–Crippen MR) is 50.8 cm³/mol. The van der Waals surface area contributed by atoms with Crippen molar-refractivity contribution in [3.63, 3.8) is 0 Å². The number of rotatable bonds is 7. The lowest BCUT2D eigenvalue weighted by molar-refractivity contribution is -0.147. The molecular formula is C9H16F3NO3. The quantitative estimate of drug-likeness (QED) is 0.672. The molecule has 0 radical (unpaired) electrons. The summed E-state index contributed by atoms with van der Waals surface area (Å²) in [5, 5.41) is 8.59. The van der Waals surface area contributed by atoms with Crippen LogP contribution < -0.4 is 0 Å². The fraction of sp³-hybridized carbons (Fsp3) is 0.889. The molecule has 0 heterocycles. The van der Waals surface area contributed by atoms with Crippen molar-refractivity contribution >= 4 is 5.97 Å². The molecule has 0 aromatic heterocycles. The van der Waals surface area contributed by atoms with E-state index in [0.29, 0.717) is 0 Å². The molecule has 0 saturated heterocycles. The maximum absolute atomic E-state index is 12.1. The highest BCUT2D eigenvalue weighted by Crippen LogP contribution is 2.16. The molecule has 0 aliphatic rings. The van der Waals surface area contributed by atoms with Crippen LogP contribution in [0.1, 0.15) is 12.8 Å². The lowest BCUT2D eigenvalue weighted by Gasteiger charge is -2.22. The zero-order valence-corrected chi connectivity index (χ0v) is 9.09. The minimum absolute atomic E-state index is 0.0549. The van der Waals surface area contributed by atoms with Gasteiger partial charge in [-0.3, -0.25) is 9.69 Å². The number of ether oxygens (including phenoxy) is 1. The van der Waals surface area contributed by atoms with Gasteiger partial charge in [-0.2, -0.15) is 13.2 Å². The second-order valence-corrected chi connectivity index (χ2v) is 3.29. The van der Waals surface area contributed by atoms with E-state index in [4.69, 9.17) is 5.11 Å². The normalized spacial score (nSPS) is 11.9. The lowest BCUT2D eigenvalue weighted by Crippen LogP contribution is -2.37. The van der Waals surface area contributed by atoms with Crippen LogP contribution in [-0.2, 0) is 9.53 Å². The Morgan fingerprint density at radius 2 is 2.00 bits per heavy atom. The van der Waals surface area contributed by atoms with E-state index in [1.54, 1.807) is 0 Å². The van der Waals surface area contributed by atoms with E-state index in [9.17, 15) is 18.0 Å². The van der Waals surface area contributed by atoms with Crippen molar-refractivity contribution in [2.45, 2.75) is 19.0 Å². The summed E-state index contributed by atoms with van der Waals surface area (Å²) in [6.45, 7) is -1.36. The van der Waals surface area contributed by atoms with Crippen molar-refractivity contribution < 1.29 is 27.8 Å². The minimum Gasteiger partial charge on any atom is -0.469 e. The van der Waals surface area contributed by atoms with Gasteiger partial charge in [0.25, 0.3) is 0 Å². The number of nitrogens with zero attached hydrogens (tertiary/aromatic N) is 1. The van der Waals surface area contributed by atoms with Crippen molar-refractivity contribution in [1.29, 1.82) is 0 Å². The van der Waals surface area contributed by atoms with Gasteiger partial charge in [0.1, 0.15) is 0 Å². The number of aliphatic hydroxyl groups excluding tert-OH is 1. The standard InChI is InChI=1S/C9H16F3NO3/c1-16-8(15)3-2-4-13(5-6-14)7-9(10,11)12/h14H,2-7H2,1H3. The molecular weight excluding hydrogens is 227 g/mol. The molecule has 1 N–H and O–H groups in total. The first-order valence-corrected chi connectivity index (χ1v) is 4.86. The van der Waals surface area contributed by atoms with Gasteiger partial charge in [0, 0.05) is 13.0 Å². The molecule has 0 aromatic rings. The molecule has 0 aromatic carbocycles. The van der Waals surface area contributed by atoms with Crippen molar-refractivity contribution in [3.05, 3.63) is 0 Å². The van der Waals surface area contributed by atoms with Crippen LogP contribution in [0.3, 0.4) is 0 Å². The summed E-state index contributed by atoms with van der Waals surface area (Å²) < 4.78 is 40.6. The van der Waals surface area contributed by atoms with E-state index in [1.807, 2.05) is 0 Å². The van der Waals surface area contributed by atoms with Gasteiger partial charge in [-0.25, -0.2) is 0 Å². The molecule has 0 rings (SSSR count). The van der Waals surface area contributed by atoms with E-state index in [-0.39, 0.29) is 32.5 Å². The van der Waals surface area contributed by atoms with Gasteiger partial charge in [-0.1, -0.05) is 0 Å². The molecule has 96 valence electrons. The third-order valence-electron chi connectivity index (χ3n) is 1.90. The SMILES string of the molecule is COC(=O)CCCN(CCO)CC(F)(F)F. The monoisotopic (exact) mass is 243 g/mol. The Hall–Kier alpha value is -0.820.